The molecule has 2 N–H and O–H groups in total. The Morgan fingerprint density at radius 3 is 2.39 bits per heavy atom. The van der Waals surface area contributed by atoms with Crippen LogP contribution >= 0.6 is 0 Å². The maximum Gasteiger partial charge on any atom is 0.293 e. The Bertz CT molecular complexity index is 1220. The van der Waals surface area contributed by atoms with Crippen molar-refractivity contribution in [1.82, 2.24) is 9.55 Å². The Hall–Kier alpha value is -3.50. The maximum absolute atomic E-state index is 14.5. The van der Waals surface area contributed by atoms with Crippen LogP contribution in [-0.4, -0.2) is 28.7 Å². The van der Waals surface area contributed by atoms with Crippen molar-refractivity contribution in [3.63, 3.8) is 0 Å². The molecule has 158 valence electrons. The normalized spacial score (nSPS) is 14.5. The number of nitrogens with zero attached hydrogens (tertiary/aromatic N) is 4. The number of benzene rings is 2. The molecule has 1 aliphatic heterocycles. The molecule has 0 radical (unpaired) electrons. The van der Waals surface area contributed by atoms with Gasteiger partial charge < -0.3 is 15.2 Å². The molecule has 0 saturated carbocycles. The Morgan fingerprint density at radius 1 is 1.13 bits per heavy atom. The van der Waals surface area contributed by atoms with Gasteiger partial charge in [0.2, 0.25) is 0 Å². The summed E-state index contributed by atoms with van der Waals surface area (Å²) in [5.41, 5.74) is 9.30. The number of nitrogens with two attached hydrogens (primary N) is 1. The summed E-state index contributed by atoms with van der Waals surface area (Å²) in [6.07, 6.45) is 1.57. The molecule has 1 aromatic heterocycles. The largest absolute Gasteiger partial charge is 0.352 e. The van der Waals surface area contributed by atoms with Gasteiger partial charge in [-0.1, -0.05) is 35.9 Å². The summed E-state index contributed by atoms with van der Waals surface area (Å²) in [4.78, 5) is 20.0. The molecule has 1 aliphatic rings. The number of anilines is 1. The van der Waals surface area contributed by atoms with Gasteiger partial charge in [-0.2, -0.15) is 5.26 Å². The second kappa shape index (κ2) is 8.32. The van der Waals surface area contributed by atoms with Crippen molar-refractivity contribution >= 4 is 5.82 Å². The summed E-state index contributed by atoms with van der Waals surface area (Å²) in [6, 6.07) is 14.2. The van der Waals surface area contributed by atoms with Crippen LogP contribution in [0, 0.1) is 24.1 Å². The van der Waals surface area contributed by atoms with E-state index in [0.717, 1.165) is 24.0 Å². The molecule has 1 saturated heterocycles. The highest BCUT2D eigenvalue weighted by molar-refractivity contribution is 5.79. The Balaban J connectivity index is 1.95. The third-order valence-corrected chi connectivity index (χ3v) is 5.80. The van der Waals surface area contributed by atoms with E-state index >= 15 is 0 Å². The third-order valence-electron chi connectivity index (χ3n) is 5.80. The van der Waals surface area contributed by atoms with Crippen LogP contribution in [0.1, 0.15) is 24.0 Å². The van der Waals surface area contributed by atoms with Gasteiger partial charge in [-0.3, -0.25) is 4.79 Å². The summed E-state index contributed by atoms with van der Waals surface area (Å²) < 4.78 is 16.0. The third kappa shape index (κ3) is 3.94. The topological polar surface area (TPSA) is 87.9 Å². The van der Waals surface area contributed by atoms with E-state index < -0.39 is 5.82 Å². The monoisotopic (exact) mass is 417 g/mol. The van der Waals surface area contributed by atoms with E-state index in [-0.39, 0.29) is 17.2 Å². The highest BCUT2D eigenvalue weighted by atomic mass is 19.1. The number of nitriles is 1. The first-order chi connectivity index (χ1) is 14.9. The molecule has 0 unspecified atom stereocenters. The van der Waals surface area contributed by atoms with Gasteiger partial charge in [-0.15, -0.1) is 0 Å². The van der Waals surface area contributed by atoms with Crippen LogP contribution in [0.5, 0.6) is 0 Å². The van der Waals surface area contributed by atoms with Crippen molar-refractivity contribution in [2.75, 3.05) is 18.0 Å². The van der Waals surface area contributed by atoms with Crippen molar-refractivity contribution in [3.05, 3.63) is 69.8 Å². The average Bonchev–Trinajstić information content (AvgIpc) is 2.77. The van der Waals surface area contributed by atoms with Crippen molar-refractivity contribution < 1.29 is 4.39 Å². The Morgan fingerprint density at radius 2 is 1.77 bits per heavy atom. The van der Waals surface area contributed by atoms with Gasteiger partial charge in [0.05, 0.1) is 17.0 Å². The number of piperidine rings is 1. The number of hydrogen-bond acceptors (Lipinski definition) is 5. The van der Waals surface area contributed by atoms with E-state index in [4.69, 9.17) is 16.0 Å². The zero-order valence-corrected chi connectivity index (χ0v) is 17.6. The lowest BCUT2D eigenvalue weighted by atomic mass is 10.0. The summed E-state index contributed by atoms with van der Waals surface area (Å²) >= 11 is 0. The Kier molecular flexibility index (Phi) is 5.57. The molecule has 2 aromatic carbocycles. The Labute approximate surface area is 180 Å². The van der Waals surface area contributed by atoms with Crippen LogP contribution in [0.25, 0.3) is 22.5 Å². The average molecular weight is 417 g/mol. The molecule has 0 spiro atoms. The van der Waals surface area contributed by atoms with Crippen LogP contribution < -0.4 is 16.2 Å². The minimum absolute atomic E-state index is 0.0318. The summed E-state index contributed by atoms with van der Waals surface area (Å²) in [5.74, 6) is -0.277. The molecule has 0 bridgehead atoms. The summed E-state index contributed by atoms with van der Waals surface area (Å²) in [5, 5.41) is 9.09. The molecule has 0 aliphatic carbocycles. The van der Waals surface area contributed by atoms with E-state index in [1.54, 1.807) is 17.7 Å². The smallest absolute Gasteiger partial charge is 0.293 e. The zero-order valence-electron chi connectivity index (χ0n) is 17.6. The van der Waals surface area contributed by atoms with Gasteiger partial charge in [-0.25, -0.2) is 9.37 Å². The lowest BCUT2D eigenvalue weighted by Crippen LogP contribution is -2.43. The van der Waals surface area contributed by atoms with Crippen molar-refractivity contribution in [2.24, 2.45) is 12.8 Å². The SMILES string of the molecule is Cc1ccc(-c2c(-c3ccc(C#N)c(F)c3)nc(N3CCC(N)CC3)c(=O)n2C)cc1. The minimum Gasteiger partial charge on any atom is -0.352 e. The molecular formula is C24H24FN5O. The lowest BCUT2D eigenvalue weighted by Gasteiger charge is -2.31. The van der Waals surface area contributed by atoms with Gasteiger partial charge >= 0.3 is 0 Å². The van der Waals surface area contributed by atoms with Gasteiger partial charge in [0.25, 0.3) is 5.56 Å². The maximum atomic E-state index is 14.5. The summed E-state index contributed by atoms with van der Waals surface area (Å²) in [7, 11) is 1.71. The van der Waals surface area contributed by atoms with E-state index in [1.807, 2.05) is 42.2 Å². The van der Waals surface area contributed by atoms with E-state index in [2.05, 4.69) is 0 Å². The predicted octanol–water partition coefficient (Wildman–Crippen LogP) is 3.36. The number of halogens is 1. The first-order valence-corrected chi connectivity index (χ1v) is 10.3. The highest BCUT2D eigenvalue weighted by Gasteiger charge is 2.24. The first kappa shape index (κ1) is 20.8. The molecule has 0 atom stereocenters. The lowest BCUT2D eigenvalue weighted by molar-refractivity contribution is 0.496. The number of aryl methyl sites for hydroxylation is 1. The fourth-order valence-corrected chi connectivity index (χ4v) is 3.93. The van der Waals surface area contributed by atoms with Crippen molar-refractivity contribution in [3.8, 4) is 28.6 Å². The number of hydrogen-bond donors (Lipinski definition) is 1. The van der Waals surface area contributed by atoms with Crippen LogP contribution in [0.2, 0.25) is 0 Å². The predicted molar refractivity (Wildman–Crippen MR) is 119 cm³/mol. The fraction of sp³-hybridized carbons (Fsp3) is 0.292. The van der Waals surface area contributed by atoms with Crippen molar-refractivity contribution in [1.29, 1.82) is 5.26 Å². The van der Waals surface area contributed by atoms with Gasteiger partial charge in [-0.05, 0) is 31.9 Å². The number of aromatic nitrogens is 2. The van der Waals surface area contributed by atoms with Crippen LogP contribution in [0.4, 0.5) is 10.2 Å². The molecule has 6 nitrogen and oxygen atoms in total. The summed E-state index contributed by atoms with van der Waals surface area (Å²) in [6.45, 7) is 3.28. The molecule has 1 fully saturated rings. The molecular weight excluding hydrogens is 393 g/mol. The molecule has 2 heterocycles. The molecule has 7 heteroatoms. The van der Waals surface area contributed by atoms with E-state index in [9.17, 15) is 9.18 Å². The van der Waals surface area contributed by atoms with E-state index in [1.165, 1.54) is 12.1 Å². The van der Waals surface area contributed by atoms with E-state index in [0.29, 0.717) is 35.9 Å². The highest BCUT2D eigenvalue weighted by Crippen LogP contribution is 2.32. The quantitative estimate of drug-likeness (QED) is 0.706. The molecule has 31 heavy (non-hydrogen) atoms. The molecule has 0 amide bonds. The number of rotatable bonds is 3. The minimum atomic E-state index is -0.615. The van der Waals surface area contributed by atoms with Gasteiger partial charge in [0, 0.05) is 37.3 Å². The van der Waals surface area contributed by atoms with Crippen LogP contribution in [0.3, 0.4) is 0 Å². The van der Waals surface area contributed by atoms with Crippen molar-refractivity contribution in [2.45, 2.75) is 25.8 Å². The first-order valence-electron chi connectivity index (χ1n) is 10.3. The van der Waals surface area contributed by atoms with Crippen LogP contribution in [-0.2, 0) is 7.05 Å². The van der Waals surface area contributed by atoms with Gasteiger partial charge in [0.15, 0.2) is 5.82 Å². The molecule has 3 aromatic rings. The molecule has 4 rings (SSSR count). The standard InChI is InChI=1S/C24H24FN5O/c1-15-3-5-16(6-4-15)22-21(17-7-8-18(14-26)20(25)13-17)28-23(24(31)29(22)2)30-11-9-19(27)10-12-30/h3-8,13,19H,9-12,27H2,1-2H3. The zero-order chi connectivity index (χ0) is 22.1. The second-order valence-corrected chi connectivity index (χ2v) is 7.99. The fourth-order valence-electron chi connectivity index (χ4n) is 3.93. The van der Waals surface area contributed by atoms with Crippen LogP contribution in [0.15, 0.2) is 47.3 Å². The second-order valence-electron chi connectivity index (χ2n) is 7.99. The van der Waals surface area contributed by atoms with Gasteiger partial charge in [0.1, 0.15) is 11.9 Å².